The van der Waals surface area contributed by atoms with Gasteiger partial charge in [0.25, 0.3) is 5.56 Å². The normalized spacial score (nSPS) is 10.8. The fourth-order valence-corrected chi connectivity index (χ4v) is 3.29. The van der Waals surface area contributed by atoms with Gasteiger partial charge in [-0.15, -0.1) is 11.3 Å². The van der Waals surface area contributed by atoms with Crippen molar-refractivity contribution in [2.24, 2.45) is 0 Å². The van der Waals surface area contributed by atoms with E-state index in [9.17, 15) is 9.59 Å². The molecule has 23 heavy (non-hydrogen) atoms. The van der Waals surface area contributed by atoms with E-state index >= 15 is 0 Å². The Hall–Kier alpha value is -2.40. The van der Waals surface area contributed by atoms with Crippen LogP contribution >= 0.6 is 11.3 Å². The first-order valence-corrected chi connectivity index (χ1v) is 8.42. The van der Waals surface area contributed by atoms with Gasteiger partial charge in [-0.25, -0.2) is 0 Å². The van der Waals surface area contributed by atoms with E-state index in [2.05, 4.69) is 10.3 Å². The molecule has 0 aliphatic rings. The lowest BCUT2D eigenvalue weighted by Crippen LogP contribution is -2.28. The number of amides is 1. The molecule has 2 N–H and O–H groups in total. The Balaban J connectivity index is 1.64. The molecule has 0 saturated carbocycles. The van der Waals surface area contributed by atoms with Gasteiger partial charge in [0.2, 0.25) is 5.91 Å². The quantitative estimate of drug-likeness (QED) is 0.757. The first kappa shape index (κ1) is 15.5. The molecule has 0 fully saturated rings. The van der Waals surface area contributed by atoms with Gasteiger partial charge < -0.3 is 10.3 Å². The maximum absolute atomic E-state index is 12.2. The second-order valence-electron chi connectivity index (χ2n) is 5.52. The van der Waals surface area contributed by atoms with Crippen LogP contribution in [-0.2, 0) is 17.6 Å². The highest BCUT2D eigenvalue weighted by Crippen LogP contribution is 2.15. The average Bonchev–Trinajstić information content (AvgIpc) is 3.02. The molecule has 0 aliphatic carbocycles. The number of H-pyrrole nitrogens is 1. The van der Waals surface area contributed by atoms with Gasteiger partial charge in [-0.3, -0.25) is 9.59 Å². The minimum absolute atomic E-state index is 0.0134. The van der Waals surface area contributed by atoms with E-state index in [0.29, 0.717) is 24.9 Å². The largest absolute Gasteiger partial charge is 0.355 e. The Kier molecular flexibility index (Phi) is 4.57. The van der Waals surface area contributed by atoms with E-state index in [4.69, 9.17) is 0 Å². The van der Waals surface area contributed by atoms with Gasteiger partial charge in [0, 0.05) is 17.0 Å². The molecule has 4 nitrogen and oxygen atoms in total. The van der Waals surface area contributed by atoms with Crippen molar-refractivity contribution in [3.05, 3.63) is 68.1 Å². The summed E-state index contributed by atoms with van der Waals surface area (Å²) in [6.45, 7) is 2.44. The minimum Gasteiger partial charge on any atom is -0.355 e. The molecule has 3 aromatic rings. The lowest BCUT2D eigenvalue weighted by atomic mass is 10.1. The van der Waals surface area contributed by atoms with Crippen LogP contribution in [0.4, 0.5) is 0 Å². The molecule has 0 unspecified atom stereocenters. The number of para-hydroxylation sites is 1. The zero-order chi connectivity index (χ0) is 16.2. The number of hydrogen-bond donors (Lipinski definition) is 2. The summed E-state index contributed by atoms with van der Waals surface area (Å²) in [6.07, 6.45) is 0.917. The second-order valence-corrected chi connectivity index (χ2v) is 6.55. The van der Waals surface area contributed by atoms with Crippen molar-refractivity contribution in [1.82, 2.24) is 10.3 Å². The Morgan fingerprint density at radius 3 is 2.91 bits per heavy atom. The highest BCUT2D eigenvalue weighted by molar-refractivity contribution is 7.10. The van der Waals surface area contributed by atoms with E-state index in [1.165, 1.54) is 0 Å². The Morgan fingerprint density at radius 1 is 1.26 bits per heavy atom. The summed E-state index contributed by atoms with van der Waals surface area (Å²) in [4.78, 5) is 28.0. The van der Waals surface area contributed by atoms with E-state index in [1.807, 2.05) is 48.7 Å². The first-order valence-electron chi connectivity index (χ1n) is 7.54. The zero-order valence-corrected chi connectivity index (χ0v) is 13.7. The number of rotatable bonds is 5. The molecule has 5 heteroatoms. The number of hydrogen-bond acceptors (Lipinski definition) is 3. The fourth-order valence-electron chi connectivity index (χ4n) is 2.58. The summed E-state index contributed by atoms with van der Waals surface area (Å²) in [6, 6.07) is 11.7. The van der Waals surface area contributed by atoms with Crippen LogP contribution < -0.4 is 10.9 Å². The number of aryl methyl sites for hydroxylation is 1. The van der Waals surface area contributed by atoms with Crippen LogP contribution in [0.5, 0.6) is 0 Å². The highest BCUT2D eigenvalue weighted by Gasteiger charge is 2.07. The summed E-state index contributed by atoms with van der Waals surface area (Å²) >= 11 is 1.57. The third-order valence-electron chi connectivity index (χ3n) is 3.80. The fraction of sp³-hybridized carbons (Fsp3) is 0.222. The van der Waals surface area contributed by atoms with Gasteiger partial charge in [0.15, 0.2) is 0 Å². The van der Waals surface area contributed by atoms with E-state index in [0.717, 1.165) is 21.3 Å². The lowest BCUT2D eigenvalue weighted by Gasteiger charge is -2.07. The van der Waals surface area contributed by atoms with Crippen LogP contribution in [0.3, 0.4) is 0 Å². The summed E-state index contributed by atoms with van der Waals surface area (Å²) in [5.74, 6) is -0.0134. The van der Waals surface area contributed by atoms with Crippen molar-refractivity contribution >= 4 is 28.1 Å². The molecule has 2 heterocycles. The minimum atomic E-state index is -0.0840. The Morgan fingerprint density at radius 2 is 2.13 bits per heavy atom. The molecule has 118 valence electrons. The third-order valence-corrected chi connectivity index (χ3v) is 4.67. The number of carbonyl (C=O) groups excluding carboxylic acids is 1. The van der Waals surface area contributed by atoms with Crippen molar-refractivity contribution in [3.8, 4) is 0 Å². The van der Waals surface area contributed by atoms with Crippen LogP contribution in [0.2, 0.25) is 0 Å². The van der Waals surface area contributed by atoms with E-state index in [1.54, 1.807) is 11.3 Å². The first-order chi connectivity index (χ1) is 11.1. The summed E-state index contributed by atoms with van der Waals surface area (Å²) in [7, 11) is 0. The summed E-state index contributed by atoms with van der Waals surface area (Å²) < 4.78 is 0. The number of pyridine rings is 1. The van der Waals surface area contributed by atoms with Gasteiger partial charge in [0.1, 0.15) is 0 Å². The number of thiophene rings is 1. The summed E-state index contributed by atoms with van der Waals surface area (Å²) in [5.41, 5.74) is 2.54. The SMILES string of the molecule is Cc1cccc2cc(CCNC(=O)Cc3cccs3)c(=O)[nH]c12. The second kappa shape index (κ2) is 6.79. The van der Waals surface area contributed by atoms with Crippen molar-refractivity contribution in [3.63, 3.8) is 0 Å². The number of benzene rings is 1. The van der Waals surface area contributed by atoms with Gasteiger partial charge in [0.05, 0.1) is 11.9 Å². The Bertz CT molecular complexity index is 882. The predicted octanol–water partition coefficient (Wildman–Crippen LogP) is 2.80. The molecule has 0 spiro atoms. The smallest absolute Gasteiger partial charge is 0.251 e. The predicted molar refractivity (Wildman–Crippen MR) is 94.0 cm³/mol. The maximum atomic E-state index is 12.2. The highest BCUT2D eigenvalue weighted by atomic mass is 32.1. The molecular formula is C18H18N2O2S. The molecule has 0 aliphatic heterocycles. The van der Waals surface area contributed by atoms with Crippen LogP contribution in [-0.4, -0.2) is 17.4 Å². The van der Waals surface area contributed by atoms with E-state index in [-0.39, 0.29) is 11.5 Å². The number of fused-ring (bicyclic) bond motifs is 1. The van der Waals surface area contributed by atoms with Gasteiger partial charge in [-0.05, 0) is 41.8 Å². The van der Waals surface area contributed by atoms with Crippen molar-refractivity contribution in [1.29, 1.82) is 0 Å². The number of carbonyl (C=O) groups is 1. The van der Waals surface area contributed by atoms with Crippen molar-refractivity contribution in [2.75, 3.05) is 6.54 Å². The van der Waals surface area contributed by atoms with Crippen molar-refractivity contribution in [2.45, 2.75) is 19.8 Å². The number of nitrogens with one attached hydrogen (secondary N) is 2. The maximum Gasteiger partial charge on any atom is 0.251 e. The average molecular weight is 326 g/mol. The number of aromatic nitrogens is 1. The molecule has 0 atom stereocenters. The monoisotopic (exact) mass is 326 g/mol. The van der Waals surface area contributed by atoms with Gasteiger partial charge >= 0.3 is 0 Å². The van der Waals surface area contributed by atoms with Gasteiger partial charge in [-0.1, -0.05) is 24.3 Å². The third kappa shape index (κ3) is 3.68. The van der Waals surface area contributed by atoms with Crippen LogP contribution in [0.15, 0.2) is 46.6 Å². The molecule has 2 aromatic heterocycles. The number of aromatic amines is 1. The van der Waals surface area contributed by atoms with E-state index < -0.39 is 0 Å². The van der Waals surface area contributed by atoms with Crippen molar-refractivity contribution < 1.29 is 4.79 Å². The molecule has 3 rings (SSSR count). The molecule has 1 aromatic carbocycles. The van der Waals surface area contributed by atoms with Crippen LogP contribution in [0, 0.1) is 6.92 Å². The molecular weight excluding hydrogens is 308 g/mol. The summed E-state index contributed by atoms with van der Waals surface area (Å²) in [5, 5.41) is 5.85. The standard InChI is InChI=1S/C18H18N2O2S/c1-12-4-2-5-13-10-14(18(22)20-17(12)13)7-8-19-16(21)11-15-6-3-9-23-15/h2-6,9-10H,7-8,11H2,1H3,(H,19,21)(H,20,22). The topological polar surface area (TPSA) is 62.0 Å². The molecule has 0 saturated heterocycles. The van der Waals surface area contributed by atoms with Crippen LogP contribution in [0.1, 0.15) is 16.0 Å². The molecule has 0 radical (unpaired) electrons. The van der Waals surface area contributed by atoms with Gasteiger partial charge in [-0.2, -0.15) is 0 Å². The van der Waals surface area contributed by atoms with Crippen LogP contribution in [0.25, 0.3) is 10.9 Å². The molecule has 0 bridgehead atoms. The molecule has 1 amide bonds. The Labute approximate surface area is 138 Å². The zero-order valence-electron chi connectivity index (χ0n) is 12.9. The lowest BCUT2D eigenvalue weighted by molar-refractivity contribution is -0.120.